The Bertz CT molecular complexity index is 325. The summed E-state index contributed by atoms with van der Waals surface area (Å²) in [5.41, 5.74) is 0. The molecule has 0 heterocycles. The molecule has 0 aromatic carbocycles. The van der Waals surface area contributed by atoms with Crippen molar-refractivity contribution in [3.63, 3.8) is 0 Å². The van der Waals surface area contributed by atoms with Gasteiger partial charge in [-0.3, -0.25) is 0 Å². The average molecular weight is 349 g/mol. The highest BCUT2D eigenvalue weighted by Gasteiger charge is 2.36. The van der Waals surface area contributed by atoms with Gasteiger partial charge in [0, 0.05) is 0 Å². The van der Waals surface area contributed by atoms with E-state index in [1.807, 2.05) is 0 Å². The Hall–Kier alpha value is 0. The van der Waals surface area contributed by atoms with Crippen LogP contribution >= 0.6 is 0 Å². The van der Waals surface area contributed by atoms with E-state index in [0.29, 0.717) is 0 Å². The van der Waals surface area contributed by atoms with Gasteiger partial charge in [0.15, 0.2) is 0 Å². The first-order valence-corrected chi connectivity index (χ1v) is 12.2. The largest absolute Gasteiger partial charge is 0.0654 e. The third-order valence-electron chi connectivity index (χ3n) is 7.94. The van der Waals surface area contributed by atoms with Crippen LogP contribution in [0.3, 0.4) is 0 Å². The number of hydrogen-bond acceptors (Lipinski definition) is 0. The van der Waals surface area contributed by atoms with E-state index in [1.54, 1.807) is 32.1 Å². The minimum absolute atomic E-state index is 0.908. The van der Waals surface area contributed by atoms with E-state index in [9.17, 15) is 0 Å². The van der Waals surface area contributed by atoms with Gasteiger partial charge in [0.05, 0.1) is 0 Å². The SMILES string of the molecule is CCCCCC(CC)CCC(CC1CCCC1)C1CCCC1C(C)C. The van der Waals surface area contributed by atoms with Crippen LogP contribution < -0.4 is 0 Å². The van der Waals surface area contributed by atoms with Crippen LogP contribution in [0.25, 0.3) is 0 Å². The van der Waals surface area contributed by atoms with Crippen LogP contribution in [0.1, 0.15) is 124 Å². The van der Waals surface area contributed by atoms with Crippen LogP contribution in [0.2, 0.25) is 0 Å². The van der Waals surface area contributed by atoms with Gasteiger partial charge in [-0.1, -0.05) is 98.3 Å². The molecule has 0 radical (unpaired) electrons. The zero-order valence-electron chi connectivity index (χ0n) is 18.1. The second-order valence-electron chi connectivity index (χ2n) is 10.00. The van der Waals surface area contributed by atoms with Crippen molar-refractivity contribution >= 4 is 0 Å². The highest BCUT2D eigenvalue weighted by atomic mass is 14.4. The van der Waals surface area contributed by atoms with Gasteiger partial charge >= 0.3 is 0 Å². The molecule has 0 saturated heterocycles. The van der Waals surface area contributed by atoms with Gasteiger partial charge in [-0.2, -0.15) is 0 Å². The Labute approximate surface area is 159 Å². The summed E-state index contributed by atoms with van der Waals surface area (Å²) in [6.45, 7) is 9.77. The summed E-state index contributed by atoms with van der Waals surface area (Å²) < 4.78 is 0. The quantitative estimate of drug-likeness (QED) is 0.309. The molecule has 0 nitrogen and oxygen atoms in total. The lowest BCUT2D eigenvalue weighted by atomic mass is 9.72. The molecule has 2 aliphatic carbocycles. The highest BCUT2D eigenvalue weighted by molar-refractivity contribution is 4.86. The van der Waals surface area contributed by atoms with E-state index in [2.05, 4.69) is 27.7 Å². The first-order chi connectivity index (χ1) is 12.2. The van der Waals surface area contributed by atoms with Gasteiger partial charge < -0.3 is 0 Å². The molecule has 2 saturated carbocycles. The Morgan fingerprint density at radius 2 is 1.48 bits per heavy atom. The molecular formula is C25H48. The fourth-order valence-corrected chi connectivity index (χ4v) is 6.30. The first kappa shape index (κ1) is 21.3. The topological polar surface area (TPSA) is 0 Å². The number of hydrogen-bond donors (Lipinski definition) is 0. The van der Waals surface area contributed by atoms with Crippen molar-refractivity contribution in [1.29, 1.82) is 0 Å². The van der Waals surface area contributed by atoms with Gasteiger partial charge in [-0.15, -0.1) is 0 Å². The summed E-state index contributed by atoms with van der Waals surface area (Å²) in [5, 5.41) is 0. The molecule has 0 amide bonds. The van der Waals surface area contributed by atoms with E-state index < -0.39 is 0 Å². The van der Waals surface area contributed by atoms with Crippen molar-refractivity contribution < 1.29 is 0 Å². The molecule has 0 N–H and O–H groups in total. The van der Waals surface area contributed by atoms with Crippen LogP contribution in [-0.2, 0) is 0 Å². The number of unbranched alkanes of at least 4 members (excludes halogenated alkanes) is 2. The third kappa shape index (κ3) is 6.91. The lowest BCUT2D eigenvalue weighted by Gasteiger charge is -2.33. The maximum atomic E-state index is 2.50. The summed E-state index contributed by atoms with van der Waals surface area (Å²) >= 11 is 0. The molecule has 0 heteroatoms. The summed E-state index contributed by atoms with van der Waals surface area (Å²) in [6.07, 6.45) is 22.6. The molecule has 2 aliphatic rings. The van der Waals surface area contributed by atoms with Gasteiger partial charge in [-0.25, -0.2) is 0 Å². The minimum Gasteiger partial charge on any atom is -0.0654 e. The molecule has 0 aromatic heterocycles. The lowest BCUT2D eigenvalue weighted by Crippen LogP contribution is -2.25. The molecule has 2 rings (SSSR count). The summed E-state index contributed by atoms with van der Waals surface area (Å²) in [7, 11) is 0. The zero-order valence-corrected chi connectivity index (χ0v) is 18.1. The maximum Gasteiger partial charge on any atom is -0.0355 e. The fourth-order valence-electron chi connectivity index (χ4n) is 6.30. The van der Waals surface area contributed by atoms with Crippen molar-refractivity contribution in [1.82, 2.24) is 0 Å². The second-order valence-corrected chi connectivity index (χ2v) is 10.00. The molecule has 25 heavy (non-hydrogen) atoms. The standard InChI is InChI=1S/C25H48/c1-5-7-8-12-21(6-2)17-18-23(19-22-13-9-10-14-22)25-16-11-15-24(25)20(3)4/h20-25H,5-19H2,1-4H3. The lowest BCUT2D eigenvalue weighted by molar-refractivity contribution is 0.163. The van der Waals surface area contributed by atoms with Gasteiger partial charge in [-0.05, 0) is 61.2 Å². The van der Waals surface area contributed by atoms with Crippen molar-refractivity contribution in [2.24, 2.45) is 35.5 Å². The van der Waals surface area contributed by atoms with Crippen molar-refractivity contribution in [2.75, 3.05) is 0 Å². The Morgan fingerprint density at radius 3 is 2.12 bits per heavy atom. The molecule has 148 valence electrons. The molecule has 4 atom stereocenters. The van der Waals surface area contributed by atoms with Crippen molar-refractivity contribution in [2.45, 2.75) is 124 Å². The van der Waals surface area contributed by atoms with E-state index in [1.165, 1.54) is 64.2 Å². The Kier molecular flexibility index (Phi) is 9.93. The second kappa shape index (κ2) is 11.7. The van der Waals surface area contributed by atoms with E-state index in [-0.39, 0.29) is 0 Å². The molecule has 0 aliphatic heterocycles. The zero-order chi connectivity index (χ0) is 18.1. The predicted octanol–water partition coefficient (Wildman–Crippen LogP) is 8.64. The smallest absolute Gasteiger partial charge is 0.0355 e. The fraction of sp³-hybridized carbons (Fsp3) is 1.00. The average Bonchev–Trinajstić information content (AvgIpc) is 3.27. The van der Waals surface area contributed by atoms with Crippen LogP contribution in [0, 0.1) is 35.5 Å². The Morgan fingerprint density at radius 1 is 0.760 bits per heavy atom. The maximum absolute atomic E-state index is 2.50. The predicted molar refractivity (Wildman–Crippen MR) is 113 cm³/mol. The molecule has 2 fully saturated rings. The van der Waals surface area contributed by atoms with Crippen LogP contribution in [0.5, 0.6) is 0 Å². The third-order valence-corrected chi connectivity index (χ3v) is 7.94. The summed E-state index contributed by atoms with van der Waals surface area (Å²) in [6, 6.07) is 0. The van der Waals surface area contributed by atoms with E-state index in [4.69, 9.17) is 0 Å². The van der Waals surface area contributed by atoms with Gasteiger partial charge in [0.1, 0.15) is 0 Å². The molecule has 4 unspecified atom stereocenters. The van der Waals surface area contributed by atoms with E-state index in [0.717, 1.165) is 35.5 Å². The van der Waals surface area contributed by atoms with Crippen LogP contribution in [0.4, 0.5) is 0 Å². The summed E-state index contributed by atoms with van der Waals surface area (Å²) in [5.74, 6) is 6.15. The van der Waals surface area contributed by atoms with E-state index >= 15 is 0 Å². The van der Waals surface area contributed by atoms with Gasteiger partial charge in [0.2, 0.25) is 0 Å². The molecular weight excluding hydrogens is 300 g/mol. The molecule has 0 bridgehead atoms. The molecule has 0 spiro atoms. The minimum atomic E-state index is 0.908. The normalized spacial score (nSPS) is 27.2. The van der Waals surface area contributed by atoms with Gasteiger partial charge in [0.25, 0.3) is 0 Å². The number of rotatable bonds is 12. The van der Waals surface area contributed by atoms with Crippen molar-refractivity contribution in [3.05, 3.63) is 0 Å². The van der Waals surface area contributed by atoms with Crippen LogP contribution in [0.15, 0.2) is 0 Å². The summed E-state index contributed by atoms with van der Waals surface area (Å²) in [4.78, 5) is 0. The molecule has 0 aromatic rings. The Balaban J connectivity index is 1.91. The highest BCUT2D eigenvalue weighted by Crippen LogP contribution is 2.46. The first-order valence-electron chi connectivity index (χ1n) is 12.2. The monoisotopic (exact) mass is 348 g/mol. The van der Waals surface area contributed by atoms with Crippen molar-refractivity contribution in [3.8, 4) is 0 Å². The van der Waals surface area contributed by atoms with Crippen LogP contribution in [-0.4, -0.2) is 0 Å².